The van der Waals surface area contributed by atoms with Gasteiger partial charge in [-0.2, -0.15) is 5.10 Å². The van der Waals surface area contributed by atoms with Crippen LogP contribution in [0.5, 0.6) is 5.75 Å². The molecule has 0 aliphatic carbocycles. The zero-order valence-electron chi connectivity index (χ0n) is 16.9. The number of hydrogen-bond acceptors (Lipinski definition) is 3. The molecule has 1 heterocycles. The minimum Gasteiger partial charge on any atom is -0.497 e. The van der Waals surface area contributed by atoms with E-state index in [2.05, 4.69) is 10.4 Å². The molecular formula is C23H27N3O2. The van der Waals surface area contributed by atoms with Crippen molar-refractivity contribution in [2.24, 2.45) is 7.05 Å². The lowest BCUT2D eigenvalue weighted by Crippen LogP contribution is -2.29. The van der Waals surface area contributed by atoms with Crippen LogP contribution in [0, 0.1) is 13.8 Å². The Morgan fingerprint density at radius 3 is 2.29 bits per heavy atom. The third-order valence-corrected chi connectivity index (χ3v) is 5.15. The molecule has 0 bridgehead atoms. The Bertz CT molecular complexity index is 930. The number of aryl methyl sites for hydroxylation is 2. The topological polar surface area (TPSA) is 56.1 Å². The third-order valence-electron chi connectivity index (χ3n) is 5.15. The Morgan fingerprint density at radius 1 is 1.07 bits per heavy atom. The van der Waals surface area contributed by atoms with E-state index in [1.54, 1.807) is 7.11 Å². The maximum atomic E-state index is 12.8. The van der Waals surface area contributed by atoms with Crippen molar-refractivity contribution in [2.75, 3.05) is 7.11 Å². The summed E-state index contributed by atoms with van der Waals surface area (Å²) in [5.74, 6) is 0.816. The zero-order chi connectivity index (χ0) is 20.1. The fraction of sp³-hybridized carbons (Fsp3) is 0.304. The first-order valence-corrected chi connectivity index (χ1v) is 9.47. The summed E-state index contributed by atoms with van der Waals surface area (Å²) in [6, 6.07) is 17.6. The molecule has 0 aliphatic rings. The van der Waals surface area contributed by atoms with E-state index in [0.717, 1.165) is 33.8 Å². The molecule has 2 aromatic carbocycles. The van der Waals surface area contributed by atoms with Gasteiger partial charge in [-0.1, -0.05) is 42.5 Å². The monoisotopic (exact) mass is 377 g/mol. The highest BCUT2D eigenvalue weighted by molar-refractivity contribution is 5.77. The second-order valence-electron chi connectivity index (χ2n) is 6.96. The van der Waals surface area contributed by atoms with E-state index in [0.29, 0.717) is 12.8 Å². The van der Waals surface area contributed by atoms with Crippen LogP contribution in [-0.2, 0) is 18.3 Å². The van der Waals surface area contributed by atoms with Gasteiger partial charge in [-0.3, -0.25) is 9.48 Å². The molecule has 1 unspecified atom stereocenters. The lowest BCUT2D eigenvalue weighted by molar-refractivity contribution is -0.121. The Balaban J connectivity index is 1.76. The lowest BCUT2D eigenvalue weighted by Gasteiger charge is -2.20. The minimum atomic E-state index is -0.198. The highest BCUT2D eigenvalue weighted by Gasteiger charge is 2.18. The summed E-state index contributed by atoms with van der Waals surface area (Å²) in [4.78, 5) is 12.8. The van der Waals surface area contributed by atoms with Crippen LogP contribution in [0.1, 0.15) is 40.5 Å². The van der Waals surface area contributed by atoms with Gasteiger partial charge in [0, 0.05) is 19.2 Å². The first-order chi connectivity index (χ1) is 13.5. The second kappa shape index (κ2) is 8.74. The fourth-order valence-corrected chi connectivity index (χ4v) is 3.45. The van der Waals surface area contributed by atoms with Crippen LogP contribution in [0.3, 0.4) is 0 Å². The number of nitrogens with zero attached hydrogens (tertiary/aromatic N) is 2. The molecule has 146 valence electrons. The van der Waals surface area contributed by atoms with Gasteiger partial charge in [-0.15, -0.1) is 0 Å². The van der Waals surface area contributed by atoms with E-state index < -0.39 is 0 Å². The number of benzene rings is 2. The summed E-state index contributed by atoms with van der Waals surface area (Å²) in [5, 5.41) is 7.63. The number of carbonyl (C=O) groups excluding carboxylic acids is 1. The Labute approximate surface area is 166 Å². The number of methoxy groups -OCH3 is 1. The summed E-state index contributed by atoms with van der Waals surface area (Å²) in [6.45, 7) is 4.03. The van der Waals surface area contributed by atoms with Gasteiger partial charge in [-0.05, 0) is 49.1 Å². The summed E-state index contributed by atoms with van der Waals surface area (Å²) < 4.78 is 7.12. The second-order valence-corrected chi connectivity index (χ2v) is 6.96. The van der Waals surface area contributed by atoms with Crippen molar-refractivity contribution >= 4 is 5.91 Å². The maximum Gasteiger partial charge on any atom is 0.221 e. The normalized spacial score (nSPS) is 11.9. The van der Waals surface area contributed by atoms with Crippen molar-refractivity contribution in [3.05, 3.63) is 82.7 Å². The SMILES string of the molecule is COc1ccc(C(NC(=O)CCc2c(C)nn(C)c2C)c2ccccc2)cc1. The molecule has 1 atom stereocenters. The van der Waals surface area contributed by atoms with Crippen LogP contribution in [0.2, 0.25) is 0 Å². The van der Waals surface area contributed by atoms with Gasteiger partial charge in [0.2, 0.25) is 5.91 Å². The molecule has 0 radical (unpaired) electrons. The van der Waals surface area contributed by atoms with Crippen LogP contribution in [-0.4, -0.2) is 22.8 Å². The van der Waals surface area contributed by atoms with E-state index in [1.165, 1.54) is 0 Å². The number of carbonyl (C=O) groups is 1. The minimum absolute atomic E-state index is 0.0207. The molecule has 1 N–H and O–H groups in total. The summed E-state index contributed by atoms with van der Waals surface area (Å²) in [6.07, 6.45) is 1.11. The van der Waals surface area contributed by atoms with Crippen molar-refractivity contribution in [1.29, 1.82) is 0 Å². The molecule has 28 heavy (non-hydrogen) atoms. The van der Waals surface area contributed by atoms with Crippen molar-refractivity contribution in [3.8, 4) is 5.75 Å². The number of amides is 1. The molecule has 1 aromatic heterocycles. The van der Waals surface area contributed by atoms with Crippen LogP contribution in [0.25, 0.3) is 0 Å². The molecule has 5 heteroatoms. The molecule has 0 saturated heterocycles. The van der Waals surface area contributed by atoms with E-state index in [-0.39, 0.29) is 11.9 Å². The molecule has 0 spiro atoms. The Kier molecular flexibility index (Phi) is 6.14. The highest BCUT2D eigenvalue weighted by Crippen LogP contribution is 2.24. The number of ether oxygens (including phenoxy) is 1. The lowest BCUT2D eigenvalue weighted by atomic mass is 9.98. The van der Waals surface area contributed by atoms with Gasteiger partial charge in [-0.25, -0.2) is 0 Å². The number of nitrogens with one attached hydrogen (secondary N) is 1. The number of hydrogen-bond donors (Lipinski definition) is 1. The maximum absolute atomic E-state index is 12.8. The molecule has 0 aliphatic heterocycles. The van der Waals surface area contributed by atoms with Gasteiger partial charge in [0.05, 0.1) is 18.8 Å². The van der Waals surface area contributed by atoms with Gasteiger partial charge in [0.25, 0.3) is 0 Å². The van der Waals surface area contributed by atoms with Crippen LogP contribution < -0.4 is 10.1 Å². The summed E-state index contributed by atoms with van der Waals surface area (Å²) in [5.41, 5.74) is 5.32. The van der Waals surface area contributed by atoms with E-state index in [1.807, 2.05) is 80.2 Å². The fourth-order valence-electron chi connectivity index (χ4n) is 3.45. The smallest absolute Gasteiger partial charge is 0.221 e. The summed E-state index contributed by atoms with van der Waals surface area (Å²) in [7, 11) is 3.58. The van der Waals surface area contributed by atoms with Crippen LogP contribution >= 0.6 is 0 Å². The predicted octanol–water partition coefficient (Wildman–Crippen LogP) is 3.88. The van der Waals surface area contributed by atoms with Crippen LogP contribution in [0.4, 0.5) is 0 Å². The van der Waals surface area contributed by atoms with E-state index >= 15 is 0 Å². The van der Waals surface area contributed by atoms with Crippen molar-refractivity contribution < 1.29 is 9.53 Å². The molecule has 0 fully saturated rings. The van der Waals surface area contributed by atoms with Crippen molar-refractivity contribution in [3.63, 3.8) is 0 Å². The van der Waals surface area contributed by atoms with Gasteiger partial charge in [0.15, 0.2) is 0 Å². The largest absolute Gasteiger partial charge is 0.497 e. The van der Waals surface area contributed by atoms with E-state index in [4.69, 9.17) is 4.74 Å². The average Bonchev–Trinajstić information content (AvgIpc) is 2.96. The van der Waals surface area contributed by atoms with Crippen molar-refractivity contribution in [2.45, 2.75) is 32.7 Å². The Hall–Kier alpha value is -3.08. The van der Waals surface area contributed by atoms with Crippen molar-refractivity contribution in [1.82, 2.24) is 15.1 Å². The first-order valence-electron chi connectivity index (χ1n) is 9.47. The van der Waals surface area contributed by atoms with E-state index in [9.17, 15) is 4.79 Å². The predicted molar refractivity (Wildman–Crippen MR) is 110 cm³/mol. The zero-order valence-corrected chi connectivity index (χ0v) is 16.9. The van der Waals surface area contributed by atoms with Crippen LogP contribution in [0.15, 0.2) is 54.6 Å². The standard InChI is InChI=1S/C23H27N3O2/c1-16-21(17(2)26(3)25-16)14-15-22(27)24-23(18-8-6-5-7-9-18)19-10-12-20(28-4)13-11-19/h5-13,23H,14-15H2,1-4H3,(H,24,27). The quantitative estimate of drug-likeness (QED) is 0.680. The average molecular weight is 377 g/mol. The molecule has 5 nitrogen and oxygen atoms in total. The van der Waals surface area contributed by atoms with Gasteiger partial charge in [0.1, 0.15) is 5.75 Å². The first kappa shape index (κ1) is 19.7. The van der Waals surface area contributed by atoms with Gasteiger partial charge < -0.3 is 10.1 Å². The molecule has 1 amide bonds. The third kappa shape index (κ3) is 4.42. The number of rotatable bonds is 7. The summed E-state index contributed by atoms with van der Waals surface area (Å²) >= 11 is 0. The molecule has 3 aromatic rings. The molecule has 3 rings (SSSR count). The Morgan fingerprint density at radius 2 is 1.71 bits per heavy atom. The van der Waals surface area contributed by atoms with Gasteiger partial charge >= 0.3 is 0 Å². The molecular weight excluding hydrogens is 350 g/mol. The highest BCUT2D eigenvalue weighted by atomic mass is 16.5. The molecule has 0 saturated carbocycles. The number of aromatic nitrogens is 2.